The summed E-state index contributed by atoms with van der Waals surface area (Å²) in [4.78, 5) is 17.0. The van der Waals surface area contributed by atoms with Crippen molar-refractivity contribution in [3.8, 4) is 5.75 Å². The molecule has 1 saturated carbocycles. The molecule has 0 bridgehead atoms. The van der Waals surface area contributed by atoms with Crippen molar-refractivity contribution in [2.24, 2.45) is 11.8 Å². The van der Waals surface area contributed by atoms with Gasteiger partial charge in [-0.15, -0.1) is 0 Å². The lowest BCUT2D eigenvalue weighted by atomic mass is 9.89. The maximum atomic E-state index is 12.5. The molecule has 0 aromatic heterocycles. The molecule has 26 heavy (non-hydrogen) atoms. The maximum absolute atomic E-state index is 12.5. The Morgan fingerprint density at radius 3 is 2.77 bits per heavy atom. The highest BCUT2D eigenvalue weighted by atomic mass is 16.5. The minimum atomic E-state index is -0.0803. The standard InChI is InChI=1S/C21H30N2O3/c1-16-12-19(16)20(24)23-8-6-21(7-9-23)15-22(10-11-26-21)14-17-4-3-5-18(13-17)25-2/h3-5,13,16,19H,6-12,14-15H2,1-2H3/t16-,19+/m0/s1. The second kappa shape index (κ2) is 7.20. The molecular formula is C21H30N2O3. The van der Waals surface area contributed by atoms with Crippen molar-refractivity contribution in [3.63, 3.8) is 0 Å². The van der Waals surface area contributed by atoms with Gasteiger partial charge in [-0.3, -0.25) is 9.69 Å². The number of morpholine rings is 1. The highest BCUT2D eigenvalue weighted by Crippen LogP contribution is 2.40. The van der Waals surface area contributed by atoms with Crippen LogP contribution in [0.25, 0.3) is 0 Å². The van der Waals surface area contributed by atoms with Crippen molar-refractivity contribution in [1.29, 1.82) is 0 Å². The number of likely N-dealkylation sites (tertiary alicyclic amines) is 1. The summed E-state index contributed by atoms with van der Waals surface area (Å²) in [6.45, 7) is 7.47. The molecule has 142 valence electrons. The van der Waals surface area contributed by atoms with Crippen molar-refractivity contribution in [2.45, 2.75) is 38.3 Å². The highest BCUT2D eigenvalue weighted by molar-refractivity contribution is 5.81. The van der Waals surface area contributed by atoms with Crippen molar-refractivity contribution >= 4 is 5.91 Å². The Morgan fingerprint density at radius 1 is 1.31 bits per heavy atom. The summed E-state index contributed by atoms with van der Waals surface area (Å²) in [6.07, 6.45) is 2.98. The van der Waals surface area contributed by atoms with Gasteiger partial charge >= 0.3 is 0 Å². The molecule has 2 saturated heterocycles. The van der Waals surface area contributed by atoms with E-state index in [0.717, 1.165) is 64.3 Å². The predicted molar refractivity (Wildman–Crippen MR) is 100 cm³/mol. The van der Waals surface area contributed by atoms with E-state index in [9.17, 15) is 4.79 Å². The Balaban J connectivity index is 1.34. The first-order valence-corrected chi connectivity index (χ1v) is 9.87. The first kappa shape index (κ1) is 17.8. The zero-order chi connectivity index (χ0) is 18.1. The van der Waals surface area contributed by atoms with Crippen LogP contribution < -0.4 is 4.74 Å². The van der Waals surface area contributed by atoms with Gasteiger partial charge in [0.05, 0.1) is 19.3 Å². The van der Waals surface area contributed by atoms with Crippen molar-refractivity contribution in [3.05, 3.63) is 29.8 Å². The summed E-state index contributed by atoms with van der Waals surface area (Å²) >= 11 is 0. The number of hydrogen-bond acceptors (Lipinski definition) is 4. The average molecular weight is 358 g/mol. The van der Waals surface area contributed by atoms with Crippen molar-refractivity contribution < 1.29 is 14.3 Å². The zero-order valence-electron chi connectivity index (χ0n) is 15.9. The number of nitrogens with zero attached hydrogens (tertiary/aromatic N) is 2. The summed E-state index contributed by atoms with van der Waals surface area (Å²) in [7, 11) is 1.71. The summed E-state index contributed by atoms with van der Waals surface area (Å²) in [5, 5.41) is 0. The molecule has 1 aromatic carbocycles. The van der Waals surface area contributed by atoms with Gasteiger partial charge in [-0.2, -0.15) is 0 Å². The molecule has 0 unspecified atom stereocenters. The van der Waals surface area contributed by atoms with Crippen LogP contribution in [0.15, 0.2) is 24.3 Å². The van der Waals surface area contributed by atoms with Crippen LogP contribution in [0.5, 0.6) is 5.75 Å². The number of amides is 1. The Morgan fingerprint density at radius 2 is 2.08 bits per heavy atom. The second-order valence-electron chi connectivity index (χ2n) is 8.24. The quantitative estimate of drug-likeness (QED) is 0.830. The van der Waals surface area contributed by atoms with Gasteiger partial charge in [0, 0.05) is 38.6 Å². The lowest BCUT2D eigenvalue weighted by Crippen LogP contribution is -2.57. The Kier molecular flexibility index (Phi) is 4.93. The number of carbonyl (C=O) groups excluding carboxylic acids is 1. The lowest BCUT2D eigenvalue weighted by molar-refractivity contribution is -0.152. The molecule has 1 spiro atoms. The van der Waals surface area contributed by atoms with E-state index in [0.29, 0.717) is 17.7 Å². The predicted octanol–water partition coefficient (Wildman–Crippen LogP) is 2.54. The van der Waals surface area contributed by atoms with E-state index in [1.807, 2.05) is 12.1 Å². The molecule has 0 radical (unpaired) electrons. The van der Waals surface area contributed by atoms with Crippen molar-refractivity contribution in [1.82, 2.24) is 9.80 Å². The zero-order valence-corrected chi connectivity index (χ0v) is 15.9. The first-order chi connectivity index (χ1) is 12.6. The number of hydrogen-bond donors (Lipinski definition) is 0. The van der Waals surface area contributed by atoms with Crippen LogP contribution >= 0.6 is 0 Å². The van der Waals surface area contributed by atoms with Crippen LogP contribution in [0.2, 0.25) is 0 Å². The topological polar surface area (TPSA) is 42.0 Å². The monoisotopic (exact) mass is 358 g/mol. The van der Waals surface area contributed by atoms with Crippen LogP contribution in [-0.2, 0) is 16.1 Å². The molecule has 5 nitrogen and oxygen atoms in total. The molecule has 4 rings (SSSR count). The highest BCUT2D eigenvalue weighted by Gasteiger charge is 2.45. The SMILES string of the molecule is COc1cccc(CN2CCOC3(CCN(C(=O)[C@@H]4C[C@@H]4C)CC3)C2)c1. The Labute approximate surface area is 156 Å². The van der Waals surface area contributed by atoms with Crippen LogP contribution in [0.4, 0.5) is 0 Å². The summed E-state index contributed by atoms with van der Waals surface area (Å²) in [6, 6.07) is 8.30. The summed E-state index contributed by atoms with van der Waals surface area (Å²) in [5.74, 6) is 2.16. The van der Waals surface area contributed by atoms with Gasteiger partial charge in [0.25, 0.3) is 0 Å². The summed E-state index contributed by atoms with van der Waals surface area (Å²) in [5.41, 5.74) is 1.19. The van der Waals surface area contributed by atoms with E-state index in [-0.39, 0.29) is 5.60 Å². The van der Waals surface area contributed by atoms with E-state index < -0.39 is 0 Å². The largest absolute Gasteiger partial charge is 0.497 e. The number of carbonyl (C=O) groups is 1. The van der Waals surface area contributed by atoms with Crippen LogP contribution in [0.3, 0.4) is 0 Å². The smallest absolute Gasteiger partial charge is 0.225 e. The first-order valence-electron chi connectivity index (χ1n) is 9.87. The van der Waals surface area contributed by atoms with E-state index >= 15 is 0 Å². The molecule has 1 amide bonds. The number of methoxy groups -OCH3 is 1. The second-order valence-corrected chi connectivity index (χ2v) is 8.24. The van der Waals surface area contributed by atoms with Gasteiger partial charge < -0.3 is 14.4 Å². The minimum Gasteiger partial charge on any atom is -0.497 e. The Hall–Kier alpha value is -1.59. The number of piperidine rings is 1. The van der Waals surface area contributed by atoms with E-state index in [1.54, 1.807) is 7.11 Å². The third-order valence-electron chi connectivity index (χ3n) is 6.28. The van der Waals surface area contributed by atoms with Crippen molar-refractivity contribution in [2.75, 3.05) is 39.9 Å². The molecular weight excluding hydrogens is 328 g/mol. The fraction of sp³-hybridized carbons (Fsp3) is 0.667. The molecule has 0 N–H and O–H groups in total. The fourth-order valence-corrected chi connectivity index (χ4v) is 4.43. The molecule has 2 heterocycles. The number of ether oxygens (including phenoxy) is 2. The molecule has 3 fully saturated rings. The van der Waals surface area contributed by atoms with Gasteiger partial charge in [-0.25, -0.2) is 0 Å². The van der Waals surface area contributed by atoms with E-state index in [4.69, 9.17) is 9.47 Å². The van der Waals surface area contributed by atoms with Gasteiger partial charge in [0.1, 0.15) is 5.75 Å². The molecule has 5 heteroatoms. The maximum Gasteiger partial charge on any atom is 0.225 e. The van der Waals surface area contributed by atoms with Crippen LogP contribution in [0, 0.1) is 11.8 Å². The summed E-state index contributed by atoms with van der Waals surface area (Å²) < 4.78 is 11.6. The Bertz CT molecular complexity index is 654. The third-order valence-corrected chi connectivity index (χ3v) is 6.28. The normalized spacial score (nSPS) is 28.2. The third kappa shape index (κ3) is 3.74. The average Bonchev–Trinajstić information content (AvgIpc) is 3.39. The molecule has 2 atom stereocenters. The number of rotatable bonds is 4. The fourth-order valence-electron chi connectivity index (χ4n) is 4.43. The molecule has 3 aliphatic rings. The van der Waals surface area contributed by atoms with Crippen LogP contribution in [0.1, 0.15) is 31.7 Å². The lowest BCUT2D eigenvalue weighted by Gasteiger charge is -2.47. The minimum absolute atomic E-state index is 0.0803. The van der Waals surface area contributed by atoms with E-state index in [2.05, 4.69) is 28.9 Å². The van der Waals surface area contributed by atoms with Gasteiger partial charge in [-0.1, -0.05) is 19.1 Å². The van der Waals surface area contributed by atoms with Gasteiger partial charge in [0.2, 0.25) is 5.91 Å². The number of benzene rings is 1. The van der Waals surface area contributed by atoms with Gasteiger partial charge in [0.15, 0.2) is 0 Å². The van der Waals surface area contributed by atoms with E-state index in [1.165, 1.54) is 5.56 Å². The molecule has 1 aromatic rings. The van der Waals surface area contributed by atoms with Gasteiger partial charge in [-0.05, 0) is 42.9 Å². The van der Waals surface area contributed by atoms with Crippen LogP contribution in [-0.4, -0.2) is 61.2 Å². The molecule has 2 aliphatic heterocycles. The molecule has 1 aliphatic carbocycles.